The van der Waals surface area contributed by atoms with E-state index in [2.05, 4.69) is 0 Å². The van der Waals surface area contributed by atoms with Crippen molar-refractivity contribution in [3.63, 3.8) is 0 Å². The molecule has 3 aromatic carbocycles. The number of aliphatic carboxylic acids is 1. The van der Waals surface area contributed by atoms with Crippen LogP contribution in [0, 0.1) is 0 Å². The van der Waals surface area contributed by atoms with Crippen LogP contribution in [0.25, 0.3) is 21.7 Å². The standard InChI is InChI=1S/C23H19NO3/c25-22(26)13-6-14-24-15-20(18-10-3-4-12-21(18)24)23(27)19-11-5-8-16-7-1-2-9-17(16)19/h1-5,7-12,15H,6,13-14H2,(H,25,26)/i3+1,4+1,10+1,12+1,18+1,21+1. The number of carboxylic acid groups (broad SMARTS) is 1. The third-order valence-electron chi connectivity index (χ3n) is 4.86. The third-order valence-corrected chi connectivity index (χ3v) is 4.86. The Balaban J connectivity index is 1.79. The highest BCUT2D eigenvalue weighted by molar-refractivity contribution is 6.21. The van der Waals surface area contributed by atoms with Gasteiger partial charge in [0.1, 0.15) is 0 Å². The molecule has 0 aliphatic carbocycles. The van der Waals surface area contributed by atoms with Crippen molar-refractivity contribution in [2.45, 2.75) is 19.4 Å². The molecule has 1 aromatic heterocycles. The van der Waals surface area contributed by atoms with E-state index >= 15 is 0 Å². The second-order valence-corrected chi connectivity index (χ2v) is 6.61. The molecule has 0 bridgehead atoms. The predicted molar refractivity (Wildman–Crippen MR) is 106 cm³/mol. The van der Waals surface area contributed by atoms with Crippen molar-refractivity contribution in [2.75, 3.05) is 0 Å². The zero-order valence-corrected chi connectivity index (χ0v) is 14.8. The summed E-state index contributed by atoms with van der Waals surface area (Å²) in [5.74, 6) is -0.821. The van der Waals surface area contributed by atoms with Gasteiger partial charge in [0.05, 0.1) is 0 Å². The average molecular weight is 363 g/mol. The minimum Gasteiger partial charge on any atom is -0.481 e. The number of fused-ring (bicyclic) bond motifs is 2. The van der Waals surface area contributed by atoms with Crippen LogP contribution in [0.2, 0.25) is 0 Å². The first-order chi connectivity index (χ1) is 13.1. The first kappa shape index (κ1) is 17.0. The topological polar surface area (TPSA) is 59.3 Å². The number of rotatable bonds is 6. The molecular formula is C23H19NO3. The molecule has 4 aromatic rings. The maximum Gasteiger partial charge on any atom is 0.303 e. The van der Waals surface area contributed by atoms with Crippen LogP contribution in [-0.2, 0) is 11.3 Å². The summed E-state index contributed by atoms with van der Waals surface area (Å²) >= 11 is 0. The molecule has 0 radical (unpaired) electrons. The van der Waals surface area contributed by atoms with Gasteiger partial charge in [-0.05, 0) is 23.3 Å². The molecule has 134 valence electrons. The number of carboxylic acids is 1. The van der Waals surface area contributed by atoms with Gasteiger partial charge in [0.15, 0.2) is 5.78 Å². The van der Waals surface area contributed by atoms with Crippen LogP contribution in [-0.4, -0.2) is 21.4 Å². The maximum absolute atomic E-state index is 13.4. The molecule has 0 aliphatic heterocycles. The lowest BCUT2D eigenvalue weighted by Gasteiger charge is -2.05. The lowest BCUT2D eigenvalue weighted by atomic mass is 10.00. The van der Waals surface area contributed by atoms with Gasteiger partial charge in [-0.2, -0.15) is 0 Å². The molecule has 0 spiro atoms. The zero-order chi connectivity index (χ0) is 18.8. The average Bonchev–Trinajstić information content (AvgIpc) is 3.06. The number of benzene rings is 3. The quantitative estimate of drug-likeness (QED) is 0.496. The van der Waals surface area contributed by atoms with Gasteiger partial charge in [-0.25, -0.2) is 0 Å². The number of nitrogens with zero attached hydrogens (tertiary/aromatic N) is 1. The van der Waals surface area contributed by atoms with Crippen LogP contribution in [0.3, 0.4) is 0 Å². The molecule has 27 heavy (non-hydrogen) atoms. The summed E-state index contributed by atoms with van der Waals surface area (Å²) in [4.78, 5) is 24.2. The fraction of sp³-hybridized carbons (Fsp3) is 0.130. The molecule has 4 rings (SSSR count). The van der Waals surface area contributed by atoms with E-state index in [-0.39, 0.29) is 12.2 Å². The van der Waals surface area contributed by atoms with Crippen molar-refractivity contribution in [2.24, 2.45) is 0 Å². The summed E-state index contributed by atoms with van der Waals surface area (Å²) in [6, 6.07) is 21.4. The third kappa shape index (κ3) is 3.22. The number of carbonyl (C=O) groups excluding carboxylic acids is 1. The second kappa shape index (κ2) is 7.08. The van der Waals surface area contributed by atoms with E-state index in [4.69, 9.17) is 5.11 Å². The predicted octanol–water partition coefficient (Wildman–Crippen LogP) is 4.89. The van der Waals surface area contributed by atoms with Crippen LogP contribution in [0.1, 0.15) is 28.8 Å². The monoisotopic (exact) mass is 363 g/mol. The number of ketones is 1. The summed E-state index contributed by atoms with van der Waals surface area (Å²) in [5.41, 5.74) is 2.28. The number of hydrogen-bond donors (Lipinski definition) is 1. The highest BCUT2D eigenvalue weighted by Crippen LogP contribution is 2.27. The second-order valence-electron chi connectivity index (χ2n) is 6.61. The Hall–Kier alpha value is -3.40. The Bertz CT molecular complexity index is 1150. The summed E-state index contributed by atoms with van der Waals surface area (Å²) in [6.07, 6.45) is 2.49. The van der Waals surface area contributed by atoms with Gasteiger partial charge >= 0.3 is 5.97 Å². The highest BCUT2D eigenvalue weighted by Gasteiger charge is 2.18. The molecule has 0 aliphatic rings. The molecule has 4 heteroatoms. The van der Waals surface area contributed by atoms with E-state index in [1.165, 1.54) is 0 Å². The molecule has 0 unspecified atom stereocenters. The van der Waals surface area contributed by atoms with Crippen LogP contribution in [0.4, 0.5) is 0 Å². The molecule has 0 saturated carbocycles. The maximum atomic E-state index is 13.4. The van der Waals surface area contributed by atoms with E-state index in [9.17, 15) is 9.59 Å². The smallest absolute Gasteiger partial charge is 0.303 e. The minimum absolute atomic E-state index is 0.0139. The van der Waals surface area contributed by atoms with Gasteiger partial charge in [0.2, 0.25) is 0 Å². The van der Waals surface area contributed by atoms with Crippen LogP contribution in [0.5, 0.6) is 0 Å². The van der Waals surface area contributed by atoms with Gasteiger partial charge in [0, 0.05) is 41.2 Å². The van der Waals surface area contributed by atoms with Gasteiger partial charge < -0.3 is 9.67 Å². The number of carbonyl (C=O) groups is 2. The SMILES string of the molecule is O=C(O)CCCn1cc(C(=O)c2cccc3ccccc23)[13c]2[13cH][13cH][13cH][13cH][13c]21. The van der Waals surface area contributed by atoms with Crippen LogP contribution >= 0.6 is 0 Å². The van der Waals surface area contributed by atoms with E-state index < -0.39 is 5.97 Å². The van der Waals surface area contributed by atoms with Gasteiger partial charge in [-0.3, -0.25) is 9.59 Å². The molecule has 0 fully saturated rings. The fourth-order valence-electron chi connectivity index (χ4n) is 3.58. The molecule has 0 amide bonds. The van der Waals surface area contributed by atoms with Crippen molar-refractivity contribution >= 4 is 33.4 Å². The van der Waals surface area contributed by atoms with Crippen LogP contribution < -0.4 is 0 Å². The Kier molecular flexibility index (Phi) is 4.47. The van der Waals surface area contributed by atoms with Crippen LogP contribution in [0.15, 0.2) is 72.9 Å². The molecule has 4 nitrogen and oxygen atoms in total. The molecule has 1 N–H and O–H groups in total. The van der Waals surface area contributed by atoms with Gasteiger partial charge in [-0.1, -0.05) is 60.7 Å². The van der Waals surface area contributed by atoms with E-state index in [0.717, 1.165) is 21.7 Å². The van der Waals surface area contributed by atoms with Gasteiger partial charge in [-0.15, -0.1) is 0 Å². The Morgan fingerprint density at radius 2 is 1.52 bits per heavy atom. The highest BCUT2D eigenvalue weighted by atomic mass is 16.4. The summed E-state index contributed by atoms with van der Waals surface area (Å²) in [6.45, 7) is 0.565. The minimum atomic E-state index is -0.807. The van der Waals surface area contributed by atoms with Crippen molar-refractivity contribution < 1.29 is 14.7 Å². The largest absolute Gasteiger partial charge is 0.481 e. The van der Waals surface area contributed by atoms with E-state index in [1.807, 2.05) is 77.5 Å². The lowest BCUT2D eigenvalue weighted by Crippen LogP contribution is -2.03. The molecule has 0 atom stereocenters. The molecular weight excluding hydrogens is 344 g/mol. The van der Waals surface area contributed by atoms with Crippen molar-refractivity contribution in [3.8, 4) is 0 Å². The van der Waals surface area contributed by atoms with E-state index in [0.29, 0.717) is 24.1 Å². The first-order valence-corrected chi connectivity index (χ1v) is 8.97. The number of aryl methyl sites for hydroxylation is 1. The molecule has 1 heterocycles. The fourth-order valence-corrected chi connectivity index (χ4v) is 3.58. The number of para-hydroxylation sites is 1. The Morgan fingerprint density at radius 3 is 2.33 bits per heavy atom. The molecule has 0 saturated heterocycles. The zero-order valence-electron chi connectivity index (χ0n) is 14.8. The Morgan fingerprint density at radius 1 is 0.815 bits per heavy atom. The number of aromatic nitrogens is 1. The van der Waals surface area contributed by atoms with Crippen molar-refractivity contribution in [1.82, 2.24) is 4.57 Å². The normalized spacial score (nSPS) is 11.1. The number of hydrogen-bond acceptors (Lipinski definition) is 2. The summed E-state index contributed by atoms with van der Waals surface area (Å²) in [5, 5.41) is 11.8. The lowest BCUT2D eigenvalue weighted by molar-refractivity contribution is -0.137. The van der Waals surface area contributed by atoms with Gasteiger partial charge in [0.25, 0.3) is 0 Å². The van der Waals surface area contributed by atoms with E-state index in [1.54, 1.807) is 0 Å². The summed E-state index contributed by atoms with van der Waals surface area (Å²) < 4.78 is 1.98. The van der Waals surface area contributed by atoms with Crippen molar-refractivity contribution in [3.05, 3.63) is 84.1 Å². The van der Waals surface area contributed by atoms with Crippen molar-refractivity contribution in [1.29, 1.82) is 0 Å². The summed E-state index contributed by atoms with van der Waals surface area (Å²) in [7, 11) is 0. The Labute approximate surface area is 156 Å². The first-order valence-electron chi connectivity index (χ1n) is 8.97.